The summed E-state index contributed by atoms with van der Waals surface area (Å²) < 4.78 is 29.0. The summed E-state index contributed by atoms with van der Waals surface area (Å²) in [6.45, 7) is 0. The minimum absolute atomic E-state index is 0.212. The van der Waals surface area contributed by atoms with Crippen molar-refractivity contribution in [1.82, 2.24) is 19.9 Å². The van der Waals surface area contributed by atoms with E-state index in [2.05, 4.69) is 19.9 Å². The van der Waals surface area contributed by atoms with Gasteiger partial charge in [-0.1, -0.05) is 12.1 Å². The van der Waals surface area contributed by atoms with Crippen molar-refractivity contribution in [3.8, 4) is 22.8 Å². The number of benzene rings is 2. The highest BCUT2D eigenvalue weighted by atomic mass is 19.1. The van der Waals surface area contributed by atoms with Crippen molar-refractivity contribution in [2.24, 2.45) is 11.5 Å². The third kappa shape index (κ3) is 4.65. The Balaban J connectivity index is 1.56. The van der Waals surface area contributed by atoms with Crippen LogP contribution in [0.3, 0.4) is 0 Å². The lowest BCUT2D eigenvalue weighted by Crippen LogP contribution is -2.09. The van der Waals surface area contributed by atoms with Crippen molar-refractivity contribution < 1.29 is 8.78 Å². The van der Waals surface area contributed by atoms with Gasteiger partial charge in [0.05, 0.1) is 22.5 Å². The van der Waals surface area contributed by atoms with Gasteiger partial charge in [-0.05, 0) is 59.7 Å². The molecule has 32 heavy (non-hydrogen) atoms. The Morgan fingerprint density at radius 2 is 1.00 bits per heavy atom. The molecule has 2 heterocycles. The summed E-state index contributed by atoms with van der Waals surface area (Å²) in [6, 6.07) is 12.5. The van der Waals surface area contributed by atoms with E-state index >= 15 is 0 Å². The van der Waals surface area contributed by atoms with Crippen molar-refractivity contribution in [3.05, 3.63) is 107 Å². The van der Waals surface area contributed by atoms with Crippen LogP contribution in [0.5, 0.6) is 0 Å². The highest BCUT2D eigenvalue weighted by Crippen LogP contribution is 2.23. The molecule has 0 bridgehead atoms. The number of hydrogen-bond acceptors (Lipinski definition) is 6. The molecule has 0 unspecified atom stereocenters. The first-order valence-corrected chi connectivity index (χ1v) is 9.60. The molecule has 4 rings (SSSR count). The minimum Gasteiger partial charge on any atom is -0.397 e. The maximum absolute atomic E-state index is 14.5. The predicted octanol–water partition coefficient (Wildman–Crippen LogP) is 4.18. The van der Waals surface area contributed by atoms with E-state index in [-0.39, 0.29) is 22.5 Å². The van der Waals surface area contributed by atoms with E-state index in [9.17, 15) is 8.78 Å². The van der Waals surface area contributed by atoms with E-state index in [0.29, 0.717) is 22.8 Å². The third-order valence-electron chi connectivity index (χ3n) is 4.58. The number of nitrogens with two attached hydrogens (primary N) is 2. The van der Waals surface area contributed by atoms with Gasteiger partial charge in [-0.3, -0.25) is 0 Å². The van der Waals surface area contributed by atoms with E-state index in [0.717, 1.165) is 0 Å². The van der Waals surface area contributed by atoms with E-state index in [1.165, 1.54) is 24.3 Å². The number of hydrogen-bond donors (Lipinski definition) is 2. The van der Waals surface area contributed by atoms with Crippen LogP contribution in [-0.4, -0.2) is 19.9 Å². The van der Waals surface area contributed by atoms with E-state index in [1.54, 1.807) is 61.2 Å². The van der Waals surface area contributed by atoms with Crippen molar-refractivity contribution in [1.29, 1.82) is 0 Å². The van der Waals surface area contributed by atoms with Gasteiger partial charge in [-0.25, -0.2) is 28.7 Å². The fourth-order valence-corrected chi connectivity index (χ4v) is 3.01. The van der Waals surface area contributed by atoms with Crippen LogP contribution in [0.25, 0.3) is 34.9 Å². The Morgan fingerprint density at radius 1 is 0.625 bits per heavy atom. The standard InChI is InChI=1S/C24H18F2N6/c25-19-11-15(3-5-17(19)23-29-7-1-8-30-23)13-21(27)22(28)14-16-4-6-18(20(26)12-16)24-31-9-2-10-32-24/h1-14H,27-28H2. The first kappa shape index (κ1) is 20.8. The maximum atomic E-state index is 14.5. The summed E-state index contributed by atoms with van der Waals surface area (Å²) in [5.74, 6) is -0.388. The number of rotatable bonds is 5. The number of nitrogens with zero attached hydrogens (tertiary/aromatic N) is 4. The molecule has 0 spiro atoms. The fraction of sp³-hybridized carbons (Fsp3) is 0. The van der Waals surface area contributed by atoms with Crippen LogP contribution in [0.15, 0.2) is 84.7 Å². The molecule has 4 N–H and O–H groups in total. The molecule has 0 saturated carbocycles. The van der Waals surface area contributed by atoms with Gasteiger partial charge in [0.2, 0.25) is 0 Å². The highest BCUT2D eigenvalue weighted by molar-refractivity contribution is 5.68. The Hall–Kier alpha value is -4.46. The van der Waals surface area contributed by atoms with Crippen LogP contribution >= 0.6 is 0 Å². The fourth-order valence-electron chi connectivity index (χ4n) is 3.01. The van der Waals surface area contributed by atoms with Gasteiger partial charge in [0.15, 0.2) is 11.6 Å². The lowest BCUT2D eigenvalue weighted by Gasteiger charge is -2.06. The maximum Gasteiger partial charge on any atom is 0.162 e. The smallest absolute Gasteiger partial charge is 0.162 e. The largest absolute Gasteiger partial charge is 0.397 e. The zero-order chi connectivity index (χ0) is 22.5. The topological polar surface area (TPSA) is 104 Å². The summed E-state index contributed by atoms with van der Waals surface area (Å²) in [7, 11) is 0. The van der Waals surface area contributed by atoms with Gasteiger partial charge >= 0.3 is 0 Å². The molecule has 2 aromatic carbocycles. The Labute approximate surface area is 183 Å². The molecule has 2 aromatic heterocycles. The normalized spacial score (nSPS) is 12.1. The van der Waals surface area contributed by atoms with Gasteiger partial charge in [0, 0.05) is 24.8 Å². The molecule has 0 aliphatic carbocycles. The molecule has 0 saturated heterocycles. The average Bonchev–Trinajstić information content (AvgIpc) is 2.80. The second kappa shape index (κ2) is 9.13. The molecule has 0 fully saturated rings. The monoisotopic (exact) mass is 428 g/mol. The lowest BCUT2D eigenvalue weighted by atomic mass is 10.1. The molecule has 0 radical (unpaired) electrons. The van der Waals surface area contributed by atoms with Gasteiger partial charge in [-0.2, -0.15) is 0 Å². The molecule has 0 aliphatic heterocycles. The van der Waals surface area contributed by atoms with Crippen molar-refractivity contribution in [3.63, 3.8) is 0 Å². The SMILES string of the molecule is NC(=Cc1ccc(-c2ncccn2)c(F)c1)C(N)=Cc1ccc(-c2ncccn2)c(F)c1. The summed E-state index contributed by atoms with van der Waals surface area (Å²) in [6.07, 6.45) is 9.24. The first-order valence-electron chi connectivity index (χ1n) is 9.60. The zero-order valence-electron chi connectivity index (χ0n) is 16.8. The molecule has 0 aliphatic rings. The summed E-state index contributed by atoms with van der Waals surface area (Å²) in [5, 5.41) is 0. The Morgan fingerprint density at radius 3 is 1.34 bits per heavy atom. The quantitative estimate of drug-likeness (QED) is 0.462. The molecule has 6 nitrogen and oxygen atoms in total. The molecule has 8 heteroatoms. The zero-order valence-corrected chi connectivity index (χ0v) is 16.8. The van der Waals surface area contributed by atoms with Crippen molar-refractivity contribution in [2.75, 3.05) is 0 Å². The van der Waals surface area contributed by atoms with Crippen molar-refractivity contribution in [2.45, 2.75) is 0 Å². The summed E-state index contributed by atoms with van der Waals surface area (Å²) in [5.41, 5.74) is 14.1. The molecule has 0 amide bonds. The molecule has 4 aromatic rings. The van der Waals surface area contributed by atoms with Gasteiger partial charge in [-0.15, -0.1) is 0 Å². The average molecular weight is 428 g/mol. The Bertz CT molecular complexity index is 1200. The molecule has 158 valence electrons. The second-order valence-corrected chi connectivity index (χ2v) is 6.82. The predicted molar refractivity (Wildman–Crippen MR) is 119 cm³/mol. The van der Waals surface area contributed by atoms with Gasteiger partial charge in [0.25, 0.3) is 0 Å². The Kier molecular flexibility index (Phi) is 5.94. The number of aromatic nitrogens is 4. The van der Waals surface area contributed by atoms with E-state index in [4.69, 9.17) is 11.5 Å². The molecular weight excluding hydrogens is 410 g/mol. The first-order chi connectivity index (χ1) is 15.5. The van der Waals surface area contributed by atoms with E-state index < -0.39 is 11.6 Å². The molecule has 0 atom stereocenters. The van der Waals surface area contributed by atoms with Crippen LogP contribution < -0.4 is 11.5 Å². The van der Waals surface area contributed by atoms with Crippen molar-refractivity contribution >= 4 is 12.2 Å². The molecular formula is C24H18F2N6. The summed E-state index contributed by atoms with van der Waals surface area (Å²) >= 11 is 0. The van der Waals surface area contributed by atoms with Gasteiger partial charge in [0.1, 0.15) is 11.6 Å². The van der Waals surface area contributed by atoms with Gasteiger partial charge < -0.3 is 11.5 Å². The van der Waals surface area contributed by atoms with Crippen LogP contribution in [0.2, 0.25) is 0 Å². The van der Waals surface area contributed by atoms with Crippen LogP contribution in [0.1, 0.15) is 11.1 Å². The minimum atomic E-state index is -0.485. The third-order valence-corrected chi connectivity index (χ3v) is 4.58. The van der Waals surface area contributed by atoms with Crippen LogP contribution in [-0.2, 0) is 0 Å². The lowest BCUT2D eigenvalue weighted by molar-refractivity contribution is 0.629. The summed E-state index contributed by atoms with van der Waals surface area (Å²) in [4.78, 5) is 16.2. The van der Waals surface area contributed by atoms with Crippen LogP contribution in [0, 0.1) is 11.6 Å². The highest BCUT2D eigenvalue weighted by Gasteiger charge is 2.10. The second-order valence-electron chi connectivity index (χ2n) is 6.82. The number of halogens is 2. The van der Waals surface area contributed by atoms with Crippen LogP contribution in [0.4, 0.5) is 8.78 Å². The van der Waals surface area contributed by atoms with E-state index in [1.807, 2.05) is 0 Å².